The van der Waals surface area contributed by atoms with Gasteiger partial charge in [0.2, 0.25) is 0 Å². The van der Waals surface area contributed by atoms with Crippen LogP contribution < -0.4 is 0 Å². The fraction of sp³-hybridized carbons (Fsp3) is 0.400. The first kappa shape index (κ1) is 14.0. The fourth-order valence-corrected chi connectivity index (χ4v) is 4.22. The van der Waals surface area contributed by atoms with Gasteiger partial charge in [-0.2, -0.15) is 0 Å². The number of hydrogen-bond acceptors (Lipinski definition) is 4. The van der Waals surface area contributed by atoms with Crippen molar-refractivity contribution >= 4 is 48.4 Å². The van der Waals surface area contributed by atoms with E-state index in [-0.39, 0.29) is 4.34 Å². The molecule has 0 N–H and O–H groups in total. The van der Waals surface area contributed by atoms with E-state index >= 15 is 0 Å². The molecular formula is C10H9BrF2N2OS2. The molecule has 1 atom stereocenters. The van der Waals surface area contributed by atoms with E-state index in [1.165, 1.54) is 0 Å². The lowest BCUT2D eigenvalue weighted by Crippen LogP contribution is -2.06. The van der Waals surface area contributed by atoms with Crippen molar-refractivity contribution in [3.05, 3.63) is 16.2 Å². The molecule has 0 aliphatic carbocycles. The van der Waals surface area contributed by atoms with Crippen molar-refractivity contribution in [2.24, 2.45) is 0 Å². The van der Waals surface area contributed by atoms with Gasteiger partial charge in [0.15, 0.2) is 9.99 Å². The molecular weight excluding hydrogens is 346 g/mol. The van der Waals surface area contributed by atoms with E-state index in [0.717, 1.165) is 32.6 Å². The number of alkyl halides is 2. The number of nitrogens with zero attached hydrogens (tertiary/aromatic N) is 2. The third-order valence-corrected chi connectivity index (χ3v) is 5.51. The number of halogens is 3. The molecule has 0 aliphatic rings. The molecule has 0 spiro atoms. The Morgan fingerprint density at radius 3 is 2.83 bits per heavy atom. The van der Waals surface area contributed by atoms with E-state index in [2.05, 4.69) is 25.9 Å². The van der Waals surface area contributed by atoms with Crippen LogP contribution in [0.3, 0.4) is 0 Å². The highest BCUT2D eigenvalue weighted by Gasteiger charge is 2.17. The van der Waals surface area contributed by atoms with Crippen molar-refractivity contribution in [1.82, 2.24) is 9.97 Å². The maximum absolute atomic E-state index is 12.2. The first-order valence-corrected chi connectivity index (χ1v) is 8.06. The molecule has 0 amide bonds. The van der Waals surface area contributed by atoms with Gasteiger partial charge in [-0.05, 0) is 28.4 Å². The summed E-state index contributed by atoms with van der Waals surface area (Å²) in [7, 11) is -1.76. The minimum atomic E-state index is -2.59. The maximum atomic E-state index is 12.2. The second kappa shape index (κ2) is 5.66. The first-order valence-electron chi connectivity index (χ1n) is 5.13. The van der Waals surface area contributed by atoms with Gasteiger partial charge in [0, 0.05) is 4.47 Å². The Balaban J connectivity index is 2.41. The topological polar surface area (TPSA) is 42.9 Å². The number of hydrogen-bond donors (Lipinski definition) is 0. The van der Waals surface area contributed by atoms with Gasteiger partial charge in [0.1, 0.15) is 0 Å². The predicted octanol–water partition coefficient (Wildman–Crippen LogP) is 3.39. The summed E-state index contributed by atoms with van der Waals surface area (Å²) in [6, 6.07) is 1.84. The monoisotopic (exact) mass is 354 g/mol. The quantitative estimate of drug-likeness (QED) is 0.844. The Hall–Kier alpha value is -0.470. The summed E-state index contributed by atoms with van der Waals surface area (Å²) in [5.74, 6) is -0.679. The Morgan fingerprint density at radius 1 is 1.50 bits per heavy atom. The molecule has 0 saturated heterocycles. The number of aryl methyl sites for hydroxylation is 1. The number of aromatic nitrogens is 2. The van der Waals surface area contributed by atoms with Crippen molar-refractivity contribution in [2.75, 3.05) is 5.75 Å². The average molecular weight is 355 g/mol. The molecule has 2 heterocycles. The van der Waals surface area contributed by atoms with Crippen LogP contribution in [-0.4, -0.2) is 26.4 Å². The van der Waals surface area contributed by atoms with E-state index < -0.39 is 23.0 Å². The zero-order chi connectivity index (χ0) is 13.3. The SMILES string of the molecule is CCc1nc2nc([S@@](=O)CC(F)F)sc2cc1Br. The Morgan fingerprint density at radius 2 is 2.22 bits per heavy atom. The fourth-order valence-electron chi connectivity index (χ4n) is 1.39. The summed E-state index contributed by atoms with van der Waals surface area (Å²) < 4.78 is 37.8. The normalized spacial score (nSPS) is 13.4. The Kier molecular flexibility index (Phi) is 4.39. The van der Waals surface area contributed by atoms with Crippen molar-refractivity contribution in [3.8, 4) is 0 Å². The lowest BCUT2D eigenvalue weighted by molar-refractivity contribution is 0.175. The second-order valence-corrected chi connectivity index (χ2v) is 7.03. The minimum Gasteiger partial charge on any atom is -0.252 e. The summed E-state index contributed by atoms with van der Waals surface area (Å²) in [6.07, 6.45) is -1.85. The van der Waals surface area contributed by atoms with Gasteiger partial charge in [-0.25, -0.2) is 18.7 Å². The summed E-state index contributed by atoms with van der Waals surface area (Å²) in [5, 5.41) is 0. The number of fused-ring (bicyclic) bond motifs is 1. The van der Waals surface area contributed by atoms with E-state index in [9.17, 15) is 13.0 Å². The Labute approximate surface area is 117 Å². The third-order valence-electron chi connectivity index (χ3n) is 2.20. The van der Waals surface area contributed by atoms with Gasteiger partial charge in [-0.1, -0.05) is 6.92 Å². The highest BCUT2D eigenvalue weighted by atomic mass is 79.9. The molecule has 2 rings (SSSR count). The molecule has 98 valence electrons. The number of thiazole rings is 1. The average Bonchev–Trinajstić information content (AvgIpc) is 2.69. The summed E-state index contributed by atoms with van der Waals surface area (Å²) in [5.41, 5.74) is 1.32. The van der Waals surface area contributed by atoms with Crippen LogP contribution in [0.4, 0.5) is 8.78 Å². The van der Waals surface area contributed by atoms with Crippen molar-refractivity contribution in [2.45, 2.75) is 24.1 Å². The van der Waals surface area contributed by atoms with Gasteiger partial charge in [-0.3, -0.25) is 4.21 Å². The molecule has 0 aromatic carbocycles. The van der Waals surface area contributed by atoms with E-state index in [1.807, 2.05) is 13.0 Å². The number of rotatable bonds is 4. The van der Waals surface area contributed by atoms with E-state index in [4.69, 9.17) is 0 Å². The molecule has 0 fully saturated rings. The standard InChI is InChI=1S/C10H9BrF2N2OS2/c1-2-6-5(11)3-7-9(14-6)15-10(17-7)18(16)4-8(12)13/h3,8H,2,4H2,1H3/t18-/m0/s1. The van der Waals surface area contributed by atoms with Crippen molar-refractivity contribution < 1.29 is 13.0 Å². The lowest BCUT2D eigenvalue weighted by atomic mass is 10.3. The van der Waals surface area contributed by atoms with Crippen LogP contribution in [0.5, 0.6) is 0 Å². The van der Waals surface area contributed by atoms with Crippen LogP contribution in [-0.2, 0) is 17.2 Å². The molecule has 0 saturated carbocycles. The first-order chi connectivity index (χ1) is 8.51. The second-order valence-electron chi connectivity index (χ2n) is 3.48. The lowest BCUT2D eigenvalue weighted by Gasteiger charge is -1.98. The van der Waals surface area contributed by atoms with Gasteiger partial charge < -0.3 is 0 Å². The van der Waals surface area contributed by atoms with Crippen molar-refractivity contribution in [1.29, 1.82) is 0 Å². The molecule has 0 radical (unpaired) electrons. The van der Waals surface area contributed by atoms with Gasteiger partial charge in [-0.15, -0.1) is 11.3 Å². The minimum absolute atomic E-state index is 0.206. The van der Waals surface area contributed by atoms with Gasteiger partial charge in [0.05, 0.1) is 26.9 Å². The summed E-state index contributed by atoms with van der Waals surface area (Å²) >= 11 is 4.53. The molecule has 3 nitrogen and oxygen atoms in total. The van der Waals surface area contributed by atoms with Gasteiger partial charge in [0.25, 0.3) is 6.43 Å². The maximum Gasteiger partial charge on any atom is 0.250 e. The Bertz CT molecular complexity index is 603. The smallest absolute Gasteiger partial charge is 0.250 e. The third kappa shape index (κ3) is 2.92. The zero-order valence-corrected chi connectivity index (χ0v) is 12.5. The highest BCUT2D eigenvalue weighted by Crippen LogP contribution is 2.28. The highest BCUT2D eigenvalue weighted by molar-refractivity contribution is 9.10. The van der Waals surface area contributed by atoms with Crippen LogP contribution in [0, 0.1) is 0 Å². The largest absolute Gasteiger partial charge is 0.252 e. The summed E-state index contributed by atoms with van der Waals surface area (Å²) in [4.78, 5) is 8.37. The van der Waals surface area contributed by atoms with Crippen LogP contribution in [0.2, 0.25) is 0 Å². The molecule has 2 aromatic heterocycles. The van der Waals surface area contributed by atoms with Crippen LogP contribution in [0.1, 0.15) is 12.6 Å². The van der Waals surface area contributed by atoms with Crippen LogP contribution in [0.15, 0.2) is 14.9 Å². The molecule has 0 aliphatic heterocycles. The van der Waals surface area contributed by atoms with Crippen LogP contribution >= 0.6 is 27.3 Å². The molecule has 8 heteroatoms. The van der Waals surface area contributed by atoms with E-state index in [1.54, 1.807) is 0 Å². The van der Waals surface area contributed by atoms with Crippen molar-refractivity contribution in [3.63, 3.8) is 0 Å². The zero-order valence-electron chi connectivity index (χ0n) is 9.32. The molecule has 0 bridgehead atoms. The predicted molar refractivity (Wildman–Crippen MR) is 71.8 cm³/mol. The molecule has 0 unspecified atom stereocenters. The molecule has 18 heavy (non-hydrogen) atoms. The van der Waals surface area contributed by atoms with E-state index in [0.29, 0.717) is 5.65 Å². The number of pyridine rings is 1. The summed E-state index contributed by atoms with van der Waals surface area (Å²) in [6.45, 7) is 1.96. The van der Waals surface area contributed by atoms with Crippen LogP contribution in [0.25, 0.3) is 10.3 Å². The van der Waals surface area contributed by atoms with Gasteiger partial charge >= 0.3 is 0 Å². The molecule has 2 aromatic rings.